The first-order valence-corrected chi connectivity index (χ1v) is 30.3. The van der Waals surface area contributed by atoms with Gasteiger partial charge >= 0.3 is 5.97 Å². The van der Waals surface area contributed by atoms with E-state index in [0.29, 0.717) is 123 Å². The van der Waals surface area contributed by atoms with Crippen LogP contribution in [0.5, 0.6) is 0 Å². The van der Waals surface area contributed by atoms with Gasteiger partial charge in [0.15, 0.2) is 5.78 Å². The summed E-state index contributed by atoms with van der Waals surface area (Å²) in [6.07, 6.45) is 11.3. The number of piperidine rings is 1. The second kappa shape index (κ2) is 36.9. The molecule has 1 aliphatic carbocycles. The van der Waals surface area contributed by atoms with Crippen LogP contribution >= 0.6 is 12.2 Å². The predicted molar refractivity (Wildman–Crippen MR) is 314 cm³/mol. The standard InChI is InChI=1S/C62H100N2O17S/c1-12-75-28-29-77-32-33-78-31-30-76-27-25-63-61(82)80-51-24-22-47(37-54(51)73-10)36-43(5)53-39-50(65)42(4)35-45(7)56(67)57(74-11)55(66)44(6)34-40(2)18-14-13-15-19-41(3)52(72-9)38-48-23-21-46(8)62(71,81-48)58(68)59(69)64-26-17-16-20-49(64)60(70)79-53/h13-15,18-19,35,40,42-44,46-49,51-54,56-57,67,71H,12,16-17,20-34,36-39H2,1-11H3,(H,63,82)/b15-13+,18-14+,41-19+,45-35+/t40-,42-,43-,44-,46-,47+,48+,49+,51-,52+,53+,54-,56-,57+,62-/m1/s1. The van der Waals surface area contributed by atoms with Gasteiger partial charge in [-0.1, -0.05) is 71.1 Å². The number of carbonyl (C=O) groups excluding carboxylic acids is 5. The van der Waals surface area contributed by atoms with Crippen molar-refractivity contribution >= 4 is 46.6 Å². The molecule has 15 atom stereocenters. The zero-order chi connectivity index (χ0) is 60.4. The summed E-state index contributed by atoms with van der Waals surface area (Å²) in [6.45, 7) is 19.1. The Morgan fingerprint density at radius 3 is 2.15 bits per heavy atom. The van der Waals surface area contributed by atoms with E-state index in [1.807, 2.05) is 65.0 Å². The van der Waals surface area contributed by atoms with Crippen LogP contribution in [-0.4, -0.2) is 191 Å². The van der Waals surface area contributed by atoms with E-state index in [9.17, 15) is 34.2 Å². The molecule has 0 aromatic rings. The Morgan fingerprint density at radius 2 is 1.49 bits per heavy atom. The molecule has 0 radical (unpaired) electrons. The van der Waals surface area contributed by atoms with Crippen molar-refractivity contribution in [2.75, 3.05) is 87.3 Å². The van der Waals surface area contributed by atoms with Gasteiger partial charge in [0.1, 0.15) is 36.2 Å². The average Bonchev–Trinajstić information content (AvgIpc) is 3.40. The number of Topliss-reactive ketones (excluding diaryl/α,β-unsaturated/α-hetero) is 3. The molecule has 3 N–H and O–H groups in total. The van der Waals surface area contributed by atoms with E-state index in [2.05, 4.69) is 5.32 Å². The molecule has 4 rings (SSSR count). The lowest BCUT2D eigenvalue weighted by Crippen LogP contribution is -2.61. The van der Waals surface area contributed by atoms with Crippen LogP contribution in [0.1, 0.15) is 132 Å². The third kappa shape index (κ3) is 22.2. The minimum absolute atomic E-state index is 0.00373. The van der Waals surface area contributed by atoms with Gasteiger partial charge in [-0.25, -0.2) is 4.79 Å². The summed E-state index contributed by atoms with van der Waals surface area (Å²) in [7, 11) is 4.59. The Labute approximate surface area is 493 Å². The van der Waals surface area contributed by atoms with Crippen LogP contribution in [0.3, 0.4) is 0 Å². The summed E-state index contributed by atoms with van der Waals surface area (Å²) in [4.78, 5) is 72.9. The highest BCUT2D eigenvalue weighted by Gasteiger charge is 2.53. The summed E-state index contributed by atoms with van der Waals surface area (Å²) in [5, 5.41) is 27.0. The molecule has 3 heterocycles. The van der Waals surface area contributed by atoms with Crippen LogP contribution in [0.2, 0.25) is 0 Å². The maximum Gasteiger partial charge on any atom is 0.329 e. The number of esters is 1. The number of ether oxygens (including phenoxy) is 10. The summed E-state index contributed by atoms with van der Waals surface area (Å²) >= 11 is 5.55. The highest BCUT2D eigenvalue weighted by molar-refractivity contribution is 7.80. The minimum atomic E-state index is -2.45. The molecule has 82 heavy (non-hydrogen) atoms. The van der Waals surface area contributed by atoms with Gasteiger partial charge in [0.25, 0.3) is 16.9 Å². The normalized spacial score (nSPS) is 34.4. The number of hydrogen-bond donors (Lipinski definition) is 3. The molecule has 3 fully saturated rings. The second-order valence-corrected chi connectivity index (χ2v) is 23.3. The second-order valence-electron chi connectivity index (χ2n) is 22.9. The number of rotatable bonds is 20. The van der Waals surface area contributed by atoms with E-state index in [1.165, 1.54) is 12.0 Å². The van der Waals surface area contributed by atoms with Crippen molar-refractivity contribution in [1.29, 1.82) is 0 Å². The number of carbonyl (C=O) groups is 5. The fourth-order valence-corrected chi connectivity index (χ4v) is 11.7. The lowest BCUT2D eigenvalue weighted by molar-refractivity contribution is -0.265. The summed E-state index contributed by atoms with van der Waals surface area (Å²) in [6, 6.07) is -1.17. The van der Waals surface area contributed by atoms with Crippen molar-refractivity contribution in [3.63, 3.8) is 0 Å². The molecule has 2 bridgehead atoms. The molecule has 3 aliphatic heterocycles. The van der Waals surface area contributed by atoms with Gasteiger partial charge in [-0.3, -0.25) is 19.2 Å². The van der Waals surface area contributed by atoms with Gasteiger partial charge in [-0.2, -0.15) is 0 Å². The molecule has 1 saturated carbocycles. The fourth-order valence-electron chi connectivity index (χ4n) is 11.4. The monoisotopic (exact) mass is 1180 g/mol. The first kappa shape index (κ1) is 70.7. The van der Waals surface area contributed by atoms with Crippen molar-refractivity contribution in [1.82, 2.24) is 10.2 Å². The number of amides is 1. The third-order valence-corrected chi connectivity index (χ3v) is 16.8. The van der Waals surface area contributed by atoms with Crippen LogP contribution in [-0.2, 0) is 71.3 Å². The van der Waals surface area contributed by atoms with Gasteiger partial charge in [-0.15, -0.1) is 0 Å². The number of fused-ring (bicyclic) bond motifs is 3. The molecule has 0 aromatic heterocycles. The van der Waals surface area contributed by atoms with Crippen LogP contribution in [0.25, 0.3) is 0 Å². The Hall–Kier alpha value is -3.80. The number of hydrogen-bond acceptors (Lipinski definition) is 18. The lowest BCUT2D eigenvalue weighted by atomic mass is 9.78. The molecule has 1 amide bonds. The quantitative estimate of drug-likeness (QED) is 0.0360. The van der Waals surface area contributed by atoms with Gasteiger partial charge in [-0.05, 0) is 126 Å². The highest BCUT2D eigenvalue weighted by Crippen LogP contribution is 2.38. The van der Waals surface area contributed by atoms with Crippen molar-refractivity contribution in [2.24, 2.45) is 35.5 Å². The van der Waals surface area contributed by atoms with Gasteiger partial charge in [0.05, 0.1) is 64.6 Å². The highest BCUT2D eigenvalue weighted by atomic mass is 32.1. The number of cyclic esters (lactones) is 1. The van der Waals surface area contributed by atoms with Gasteiger partial charge in [0, 0.05) is 71.6 Å². The lowest BCUT2D eigenvalue weighted by Gasteiger charge is -2.42. The molecular weight excluding hydrogens is 1080 g/mol. The molecule has 19 nitrogen and oxygen atoms in total. The Bertz CT molecular complexity index is 2140. The SMILES string of the molecule is CCOCCOCCOCCOCCNC(=S)O[C@@H]1CC[C@@H](C[C@@H](C)[C@@H]2CC(=O)[C@H](C)/C=C(\C)[C@@H](O)[C@@H](OC)C(=O)[C@H](C)C[C@H](C)/C=C/C=C/C=C(\C)[C@@H](OC)C[C@@H]3CC[C@@H](C)[C@@](O)(O3)C(=O)C(=O)N3CCCC[C@H]3C(=O)O2)C[C@H]1OC. The number of aliphatic hydroxyl groups excluding tert-OH is 1. The third-order valence-electron chi connectivity index (χ3n) is 16.5. The number of methoxy groups -OCH3 is 3. The average molecular weight is 1180 g/mol. The predicted octanol–water partition coefficient (Wildman–Crippen LogP) is 7.17. The molecular formula is C62H100N2O17S. The van der Waals surface area contributed by atoms with Crippen molar-refractivity contribution in [2.45, 2.75) is 187 Å². The Morgan fingerprint density at radius 1 is 0.805 bits per heavy atom. The minimum Gasteiger partial charge on any atom is -0.465 e. The zero-order valence-electron chi connectivity index (χ0n) is 51.0. The first-order chi connectivity index (χ1) is 39.2. The Balaban J connectivity index is 1.53. The Kier molecular flexibility index (Phi) is 31.8. The first-order valence-electron chi connectivity index (χ1n) is 29.9. The molecule has 4 aliphatic rings. The van der Waals surface area contributed by atoms with E-state index >= 15 is 0 Å². The maximum absolute atomic E-state index is 14.7. The summed E-state index contributed by atoms with van der Waals surface area (Å²) < 4.78 is 58.1. The van der Waals surface area contributed by atoms with Crippen molar-refractivity contribution in [3.8, 4) is 0 Å². The van der Waals surface area contributed by atoms with Crippen LogP contribution in [0, 0.1) is 35.5 Å². The van der Waals surface area contributed by atoms with Crippen LogP contribution < -0.4 is 5.32 Å². The van der Waals surface area contributed by atoms with E-state index in [1.54, 1.807) is 41.1 Å². The van der Waals surface area contributed by atoms with E-state index in [0.717, 1.165) is 12.0 Å². The van der Waals surface area contributed by atoms with E-state index < -0.39 is 77.8 Å². The van der Waals surface area contributed by atoms with E-state index in [-0.39, 0.29) is 66.1 Å². The zero-order valence-corrected chi connectivity index (χ0v) is 51.8. The van der Waals surface area contributed by atoms with Gasteiger partial charge < -0.3 is 67.8 Å². The number of allylic oxidation sites excluding steroid dienone is 6. The molecule has 0 spiro atoms. The number of thiocarbonyl (C=S) groups is 1. The van der Waals surface area contributed by atoms with Crippen LogP contribution in [0.4, 0.5) is 0 Å². The molecule has 0 aromatic carbocycles. The van der Waals surface area contributed by atoms with Gasteiger partial charge in [0.2, 0.25) is 5.79 Å². The largest absolute Gasteiger partial charge is 0.465 e. The van der Waals surface area contributed by atoms with Crippen molar-refractivity contribution in [3.05, 3.63) is 47.6 Å². The topological polar surface area (TPSA) is 233 Å². The molecule has 20 heteroatoms. The van der Waals surface area contributed by atoms with Crippen LogP contribution in [0.15, 0.2) is 47.6 Å². The fraction of sp³-hybridized carbons (Fsp3) is 0.774. The number of nitrogens with one attached hydrogen (secondary N) is 1. The smallest absolute Gasteiger partial charge is 0.329 e. The number of aliphatic hydroxyl groups is 2. The van der Waals surface area contributed by atoms with Crippen molar-refractivity contribution < 1.29 is 81.6 Å². The summed E-state index contributed by atoms with van der Waals surface area (Å²) in [5.41, 5.74) is 1.25. The molecule has 466 valence electrons. The number of ketones is 3. The molecule has 0 unspecified atom stereocenters. The molecule has 2 saturated heterocycles. The van der Waals surface area contributed by atoms with E-state index in [4.69, 9.17) is 59.6 Å². The summed E-state index contributed by atoms with van der Waals surface area (Å²) in [5.74, 6) is -8.20. The number of nitrogens with zero attached hydrogens (tertiary/aromatic N) is 1. The maximum atomic E-state index is 14.7.